The van der Waals surface area contributed by atoms with Crippen LogP contribution in [0.1, 0.15) is 19.0 Å². The van der Waals surface area contributed by atoms with Crippen molar-refractivity contribution in [2.75, 3.05) is 12.5 Å². The Balaban J connectivity index is 2.44. The van der Waals surface area contributed by atoms with E-state index >= 15 is 0 Å². The lowest BCUT2D eigenvalue weighted by atomic mass is 10.2. The van der Waals surface area contributed by atoms with E-state index in [1.807, 2.05) is 18.2 Å². The van der Waals surface area contributed by atoms with Crippen molar-refractivity contribution in [2.24, 2.45) is 5.84 Å². The molecule has 0 aromatic carbocycles. The lowest BCUT2D eigenvalue weighted by Gasteiger charge is -2.07. The number of aryl methyl sites for hydroxylation is 1. The fraction of sp³-hybridized carbons (Fsp3) is 0.308. The highest BCUT2D eigenvalue weighted by molar-refractivity contribution is 5.53. The van der Waals surface area contributed by atoms with E-state index in [0.717, 1.165) is 18.5 Å². The first-order valence-corrected chi connectivity index (χ1v) is 6.12. The van der Waals surface area contributed by atoms with Crippen molar-refractivity contribution >= 4 is 5.82 Å². The SMILES string of the molecule is CCCc1cc(NN)nc(-c2cccc(OC)n2)n1. The molecule has 0 aliphatic rings. The molecule has 0 atom stereocenters. The molecule has 19 heavy (non-hydrogen) atoms. The van der Waals surface area contributed by atoms with Gasteiger partial charge in [-0.15, -0.1) is 0 Å². The highest BCUT2D eigenvalue weighted by atomic mass is 16.5. The normalized spacial score (nSPS) is 10.3. The molecule has 0 saturated carbocycles. The van der Waals surface area contributed by atoms with Gasteiger partial charge in [0.1, 0.15) is 11.5 Å². The predicted molar refractivity (Wildman–Crippen MR) is 73.6 cm³/mol. The van der Waals surface area contributed by atoms with Crippen LogP contribution in [0.3, 0.4) is 0 Å². The number of methoxy groups -OCH3 is 1. The standard InChI is InChI=1S/C13H17N5O/c1-3-5-9-8-11(18-14)17-13(15-9)10-6-4-7-12(16-10)19-2/h4,6-8H,3,5,14H2,1-2H3,(H,15,17,18). The van der Waals surface area contributed by atoms with E-state index in [-0.39, 0.29) is 0 Å². The van der Waals surface area contributed by atoms with E-state index in [2.05, 4.69) is 27.3 Å². The largest absolute Gasteiger partial charge is 0.481 e. The summed E-state index contributed by atoms with van der Waals surface area (Å²) in [6.45, 7) is 2.10. The van der Waals surface area contributed by atoms with Crippen LogP contribution in [0.15, 0.2) is 24.3 Å². The van der Waals surface area contributed by atoms with Gasteiger partial charge in [-0.05, 0) is 12.5 Å². The fourth-order valence-corrected chi connectivity index (χ4v) is 1.72. The van der Waals surface area contributed by atoms with Crippen molar-refractivity contribution in [3.05, 3.63) is 30.0 Å². The molecular formula is C13H17N5O. The number of nitrogens with one attached hydrogen (secondary N) is 1. The van der Waals surface area contributed by atoms with Gasteiger partial charge in [0.2, 0.25) is 5.88 Å². The van der Waals surface area contributed by atoms with Crippen LogP contribution in [0, 0.1) is 0 Å². The van der Waals surface area contributed by atoms with E-state index in [4.69, 9.17) is 10.6 Å². The molecule has 0 amide bonds. The van der Waals surface area contributed by atoms with Gasteiger partial charge in [-0.2, -0.15) is 0 Å². The molecule has 6 nitrogen and oxygen atoms in total. The lowest BCUT2D eigenvalue weighted by Crippen LogP contribution is -2.11. The Labute approximate surface area is 112 Å². The molecule has 0 saturated heterocycles. The molecule has 2 heterocycles. The van der Waals surface area contributed by atoms with E-state index < -0.39 is 0 Å². The minimum absolute atomic E-state index is 0.532. The summed E-state index contributed by atoms with van der Waals surface area (Å²) in [6.07, 6.45) is 1.88. The predicted octanol–water partition coefficient (Wildman–Crippen LogP) is 1.79. The zero-order chi connectivity index (χ0) is 13.7. The molecule has 100 valence electrons. The number of nitrogens with two attached hydrogens (primary N) is 1. The monoisotopic (exact) mass is 259 g/mol. The maximum atomic E-state index is 5.43. The zero-order valence-electron chi connectivity index (χ0n) is 11.1. The minimum atomic E-state index is 0.532. The summed E-state index contributed by atoms with van der Waals surface area (Å²) in [5, 5.41) is 0. The van der Waals surface area contributed by atoms with Crippen LogP contribution in [0.5, 0.6) is 5.88 Å². The summed E-state index contributed by atoms with van der Waals surface area (Å²) >= 11 is 0. The lowest BCUT2D eigenvalue weighted by molar-refractivity contribution is 0.398. The Kier molecular flexibility index (Phi) is 4.25. The molecule has 3 N–H and O–H groups in total. The molecule has 6 heteroatoms. The Hall–Kier alpha value is -2.21. The molecule has 2 rings (SSSR count). The van der Waals surface area contributed by atoms with Crippen molar-refractivity contribution in [1.82, 2.24) is 15.0 Å². The van der Waals surface area contributed by atoms with Crippen LogP contribution in [0.4, 0.5) is 5.82 Å². The molecule has 0 unspecified atom stereocenters. The number of anilines is 1. The van der Waals surface area contributed by atoms with Gasteiger partial charge in [0.05, 0.1) is 7.11 Å². The van der Waals surface area contributed by atoms with Gasteiger partial charge in [-0.3, -0.25) is 0 Å². The summed E-state index contributed by atoms with van der Waals surface area (Å²) in [5.41, 5.74) is 4.15. The maximum Gasteiger partial charge on any atom is 0.213 e. The Morgan fingerprint density at radius 1 is 1.26 bits per heavy atom. The summed E-state index contributed by atoms with van der Waals surface area (Å²) in [4.78, 5) is 13.1. The first kappa shape index (κ1) is 13.2. The molecule has 0 radical (unpaired) electrons. The van der Waals surface area contributed by atoms with E-state index in [1.54, 1.807) is 13.2 Å². The Morgan fingerprint density at radius 3 is 2.79 bits per heavy atom. The molecule has 0 spiro atoms. The maximum absolute atomic E-state index is 5.43. The first-order chi connectivity index (χ1) is 9.26. The summed E-state index contributed by atoms with van der Waals surface area (Å²) < 4.78 is 5.10. The average molecular weight is 259 g/mol. The van der Waals surface area contributed by atoms with E-state index in [9.17, 15) is 0 Å². The van der Waals surface area contributed by atoms with Gasteiger partial charge >= 0.3 is 0 Å². The van der Waals surface area contributed by atoms with Crippen molar-refractivity contribution in [3.63, 3.8) is 0 Å². The summed E-state index contributed by atoms with van der Waals surface area (Å²) in [6, 6.07) is 7.31. The second kappa shape index (κ2) is 6.10. The summed E-state index contributed by atoms with van der Waals surface area (Å²) in [7, 11) is 1.58. The second-order valence-electron chi connectivity index (χ2n) is 4.03. The Morgan fingerprint density at radius 2 is 2.11 bits per heavy atom. The van der Waals surface area contributed by atoms with Crippen LogP contribution in [0.25, 0.3) is 11.5 Å². The van der Waals surface area contributed by atoms with Crippen molar-refractivity contribution in [1.29, 1.82) is 0 Å². The highest BCUT2D eigenvalue weighted by Crippen LogP contribution is 2.18. The van der Waals surface area contributed by atoms with Gasteiger partial charge in [0.15, 0.2) is 5.82 Å². The number of nitrogens with zero attached hydrogens (tertiary/aromatic N) is 3. The average Bonchev–Trinajstić information content (AvgIpc) is 2.47. The zero-order valence-corrected chi connectivity index (χ0v) is 11.1. The minimum Gasteiger partial charge on any atom is -0.481 e. The first-order valence-electron chi connectivity index (χ1n) is 6.12. The van der Waals surface area contributed by atoms with Crippen LogP contribution in [0.2, 0.25) is 0 Å². The van der Waals surface area contributed by atoms with Gasteiger partial charge in [-0.25, -0.2) is 20.8 Å². The number of pyridine rings is 1. The molecule has 0 bridgehead atoms. The number of aromatic nitrogens is 3. The third-order valence-electron chi connectivity index (χ3n) is 2.59. The third kappa shape index (κ3) is 3.17. The third-order valence-corrected chi connectivity index (χ3v) is 2.59. The highest BCUT2D eigenvalue weighted by Gasteiger charge is 2.08. The van der Waals surface area contributed by atoms with Gasteiger partial charge in [0.25, 0.3) is 0 Å². The van der Waals surface area contributed by atoms with Gasteiger partial charge in [-0.1, -0.05) is 19.4 Å². The van der Waals surface area contributed by atoms with Crippen LogP contribution in [-0.4, -0.2) is 22.1 Å². The van der Waals surface area contributed by atoms with Crippen LogP contribution < -0.4 is 16.0 Å². The topological polar surface area (TPSA) is 86.0 Å². The van der Waals surface area contributed by atoms with Crippen LogP contribution in [-0.2, 0) is 6.42 Å². The second-order valence-corrected chi connectivity index (χ2v) is 4.03. The van der Waals surface area contributed by atoms with Gasteiger partial charge in [0, 0.05) is 17.8 Å². The number of hydrogen-bond donors (Lipinski definition) is 2. The van der Waals surface area contributed by atoms with Crippen molar-refractivity contribution < 1.29 is 4.74 Å². The number of rotatable bonds is 5. The van der Waals surface area contributed by atoms with E-state index in [1.165, 1.54) is 0 Å². The molecule has 0 aliphatic heterocycles. The molecule has 0 fully saturated rings. The number of hydrogen-bond acceptors (Lipinski definition) is 6. The molecular weight excluding hydrogens is 242 g/mol. The Bertz CT molecular complexity index is 558. The van der Waals surface area contributed by atoms with Crippen molar-refractivity contribution in [3.8, 4) is 17.4 Å². The number of hydrazine groups is 1. The molecule has 2 aromatic heterocycles. The number of ether oxygens (including phenoxy) is 1. The summed E-state index contributed by atoms with van der Waals surface area (Å²) in [5.74, 6) is 7.09. The molecule has 0 aliphatic carbocycles. The quantitative estimate of drug-likeness (QED) is 0.629. The van der Waals surface area contributed by atoms with E-state index in [0.29, 0.717) is 23.2 Å². The smallest absolute Gasteiger partial charge is 0.213 e. The fourth-order valence-electron chi connectivity index (χ4n) is 1.72. The van der Waals surface area contributed by atoms with Gasteiger partial charge < -0.3 is 10.2 Å². The van der Waals surface area contributed by atoms with Crippen LogP contribution >= 0.6 is 0 Å². The number of nitrogen functional groups attached to an aromatic ring is 1. The molecule has 2 aromatic rings. The van der Waals surface area contributed by atoms with Crippen molar-refractivity contribution in [2.45, 2.75) is 19.8 Å².